The average molecular weight is 564 g/mol. The predicted octanol–water partition coefficient (Wildman–Crippen LogP) is 7.70. The van der Waals surface area contributed by atoms with E-state index >= 15 is 0 Å². The number of esters is 1. The van der Waals surface area contributed by atoms with Crippen LogP contribution in [-0.2, 0) is 15.3 Å². The zero-order chi connectivity index (χ0) is 25.2. The smallest absolute Gasteiger partial charge is 0.338 e. The number of benzene rings is 2. The molecule has 2 aromatic carbocycles. The topological polar surface area (TPSA) is 69.0 Å². The van der Waals surface area contributed by atoms with E-state index in [1.807, 2.05) is 31.2 Å². The summed E-state index contributed by atoms with van der Waals surface area (Å²) in [7, 11) is 0. The summed E-state index contributed by atoms with van der Waals surface area (Å²) in [5, 5.41) is 10.1. The van der Waals surface area contributed by atoms with Gasteiger partial charge in [0.15, 0.2) is 0 Å². The minimum Gasteiger partial charge on any atom is -0.459 e. The van der Waals surface area contributed by atoms with Crippen LogP contribution >= 0.6 is 46.6 Å². The van der Waals surface area contributed by atoms with E-state index in [0.29, 0.717) is 48.8 Å². The van der Waals surface area contributed by atoms with Gasteiger partial charge in [-0.15, -0.1) is 5.10 Å². The van der Waals surface area contributed by atoms with Crippen molar-refractivity contribution in [2.45, 2.75) is 62.1 Å². The lowest BCUT2D eigenvalue weighted by molar-refractivity contribution is -0.146. The van der Waals surface area contributed by atoms with Gasteiger partial charge in [-0.2, -0.15) is 4.98 Å². The fourth-order valence-electron chi connectivity index (χ4n) is 4.65. The van der Waals surface area contributed by atoms with Gasteiger partial charge in [-0.1, -0.05) is 77.3 Å². The average Bonchev–Trinajstić information content (AvgIpc) is 3.26. The second-order valence-electron chi connectivity index (χ2n) is 8.91. The summed E-state index contributed by atoms with van der Waals surface area (Å²) in [6.07, 6.45) is 4.96. The highest BCUT2D eigenvalue weighted by Crippen LogP contribution is 2.43. The summed E-state index contributed by atoms with van der Waals surface area (Å²) in [4.78, 5) is 18.2. The number of carbonyl (C=O) groups is 1. The highest BCUT2D eigenvalue weighted by Gasteiger charge is 2.38. The predicted molar refractivity (Wildman–Crippen MR) is 145 cm³/mol. The molecule has 1 fully saturated rings. The van der Waals surface area contributed by atoms with Crippen LogP contribution in [0, 0.1) is 0 Å². The summed E-state index contributed by atoms with van der Waals surface area (Å²) in [5.41, 5.74) is 2.64. The van der Waals surface area contributed by atoms with Crippen molar-refractivity contribution in [3.63, 3.8) is 0 Å². The number of carbonyl (C=O) groups excluding carboxylic acids is 1. The van der Waals surface area contributed by atoms with Gasteiger partial charge >= 0.3 is 5.97 Å². The molecule has 36 heavy (non-hydrogen) atoms. The number of nitrogens with one attached hydrogen (secondary N) is 1. The molecule has 6 nitrogen and oxygen atoms in total. The normalized spacial score (nSPS) is 18.1. The lowest BCUT2D eigenvalue weighted by Gasteiger charge is -2.30. The first-order valence-corrected chi connectivity index (χ1v) is 14.0. The first-order valence-electron chi connectivity index (χ1n) is 11.9. The van der Waals surface area contributed by atoms with Crippen molar-refractivity contribution in [1.82, 2.24) is 14.8 Å². The van der Waals surface area contributed by atoms with Crippen LogP contribution < -0.4 is 5.32 Å². The Morgan fingerprint density at radius 2 is 1.75 bits per heavy atom. The lowest BCUT2D eigenvalue weighted by Crippen LogP contribution is -2.32. The Morgan fingerprint density at radius 3 is 2.47 bits per heavy atom. The third kappa shape index (κ3) is 5.25. The zero-order valence-electron chi connectivity index (χ0n) is 19.6. The van der Waals surface area contributed by atoms with Crippen LogP contribution in [0.5, 0.6) is 0 Å². The van der Waals surface area contributed by atoms with E-state index in [0.717, 1.165) is 31.2 Å². The van der Waals surface area contributed by atoms with Crippen molar-refractivity contribution in [1.29, 1.82) is 0 Å². The molecule has 1 atom stereocenters. The number of rotatable bonds is 6. The van der Waals surface area contributed by atoms with Crippen molar-refractivity contribution >= 4 is 58.5 Å². The summed E-state index contributed by atoms with van der Waals surface area (Å²) >= 11 is 21.1. The van der Waals surface area contributed by atoms with E-state index in [2.05, 4.69) is 10.3 Å². The van der Waals surface area contributed by atoms with Crippen molar-refractivity contribution in [3.8, 4) is 0 Å². The molecule has 0 radical (unpaired) electrons. The quantitative estimate of drug-likeness (QED) is 0.245. The Balaban J connectivity index is 1.50. The van der Waals surface area contributed by atoms with E-state index in [-0.39, 0.29) is 12.1 Å². The van der Waals surface area contributed by atoms with Crippen LogP contribution in [0.15, 0.2) is 58.9 Å². The minimum absolute atomic E-state index is 0.0900. The third-order valence-corrected chi connectivity index (χ3v) is 8.38. The molecule has 1 N–H and O–H groups in total. The molecule has 5 rings (SSSR count). The number of ether oxygens (including phenoxy) is 1. The van der Waals surface area contributed by atoms with Gasteiger partial charge in [0.1, 0.15) is 12.1 Å². The fraction of sp³-hybridized carbons (Fsp3) is 0.346. The lowest BCUT2D eigenvalue weighted by atomic mass is 9.94. The molecule has 10 heteroatoms. The molecular formula is C26H25Cl3N4O2S. The van der Waals surface area contributed by atoms with Crippen molar-refractivity contribution < 1.29 is 9.53 Å². The Morgan fingerprint density at radius 1 is 1.06 bits per heavy atom. The molecule has 1 aromatic heterocycles. The second-order valence-corrected chi connectivity index (χ2v) is 11.1. The highest BCUT2D eigenvalue weighted by atomic mass is 35.5. The van der Waals surface area contributed by atoms with Gasteiger partial charge in [0.2, 0.25) is 11.1 Å². The van der Waals surface area contributed by atoms with Gasteiger partial charge in [0, 0.05) is 32.1 Å². The Bertz CT molecular complexity index is 1300. The molecule has 188 valence electrons. The maximum Gasteiger partial charge on any atom is 0.338 e. The monoisotopic (exact) mass is 562 g/mol. The summed E-state index contributed by atoms with van der Waals surface area (Å²) in [5.74, 6) is 0.715. The van der Waals surface area contributed by atoms with Crippen LogP contribution in [0.4, 0.5) is 5.95 Å². The van der Waals surface area contributed by atoms with Gasteiger partial charge in [-0.25, -0.2) is 9.48 Å². The van der Waals surface area contributed by atoms with E-state index < -0.39 is 6.04 Å². The van der Waals surface area contributed by atoms with E-state index in [9.17, 15) is 4.79 Å². The van der Waals surface area contributed by atoms with Gasteiger partial charge in [-0.3, -0.25) is 0 Å². The molecule has 1 aliphatic carbocycles. The maximum atomic E-state index is 13.6. The number of aromatic nitrogens is 3. The second kappa shape index (κ2) is 11.1. The van der Waals surface area contributed by atoms with Gasteiger partial charge in [0.25, 0.3) is 0 Å². The van der Waals surface area contributed by atoms with Gasteiger partial charge < -0.3 is 10.1 Å². The number of anilines is 1. The standard InChI is InChI=1S/C26H25Cl3N4O2S/c1-15-21(24(34)35-17-9-3-2-4-10-17)23(22-19(28)12-7-13-20(22)29)33-25(30-15)31-26(32-33)36-14-16-8-5-6-11-18(16)27/h5-8,11-13,17,23H,2-4,9-10,14H2,1H3,(H,30,31,32). The molecule has 0 amide bonds. The van der Waals surface area contributed by atoms with E-state index in [1.165, 1.54) is 18.2 Å². The first-order chi connectivity index (χ1) is 17.4. The molecule has 0 bridgehead atoms. The highest BCUT2D eigenvalue weighted by molar-refractivity contribution is 7.98. The van der Waals surface area contributed by atoms with E-state index in [4.69, 9.17) is 44.6 Å². The Kier molecular flexibility index (Phi) is 7.82. The summed E-state index contributed by atoms with van der Waals surface area (Å²) in [6.45, 7) is 1.84. The van der Waals surface area contributed by atoms with Crippen LogP contribution in [0.2, 0.25) is 15.1 Å². The molecule has 1 unspecified atom stereocenters. The summed E-state index contributed by atoms with van der Waals surface area (Å²) in [6, 6.07) is 12.3. The summed E-state index contributed by atoms with van der Waals surface area (Å²) < 4.78 is 7.64. The van der Waals surface area contributed by atoms with Gasteiger partial charge in [-0.05, 0) is 56.4 Å². The Labute approximate surface area is 229 Å². The van der Waals surface area contributed by atoms with Crippen LogP contribution in [0.3, 0.4) is 0 Å². The minimum atomic E-state index is -0.680. The molecule has 0 saturated heterocycles. The molecule has 3 aromatic rings. The number of halogens is 3. The maximum absolute atomic E-state index is 13.6. The Hall–Kier alpha value is -2.19. The van der Waals surface area contributed by atoms with Crippen LogP contribution in [0.1, 0.15) is 56.2 Å². The molecular weight excluding hydrogens is 539 g/mol. The van der Waals surface area contributed by atoms with Crippen molar-refractivity contribution in [2.75, 3.05) is 5.32 Å². The third-order valence-electron chi connectivity index (χ3n) is 6.47. The number of hydrogen-bond acceptors (Lipinski definition) is 6. The van der Waals surface area contributed by atoms with Crippen LogP contribution in [0.25, 0.3) is 0 Å². The number of allylic oxidation sites excluding steroid dienone is 1. The van der Waals surface area contributed by atoms with Crippen LogP contribution in [-0.4, -0.2) is 26.8 Å². The molecule has 0 spiro atoms. The SMILES string of the molecule is CC1=C(C(=O)OC2CCCCC2)C(c2c(Cl)cccc2Cl)n2nc(SCc3ccccc3Cl)nc2N1. The fourth-order valence-corrected chi connectivity index (χ4v) is 6.37. The number of nitrogens with zero attached hydrogens (tertiary/aromatic N) is 3. The number of hydrogen-bond donors (Lipinski definition) is 1. The zero-order valence-corrected chi connectivity index (χ0v) is 22.7. The molecule has 1 aliphatic heterocycles. The number of thioether (sulfide) groups is 1. The molecule has 1 saturated carbocycles. The first kappa shape index (κ1) is 25.5. The van der Waals surface area contributed by atoms with Crippen molar-refractivity contribution in [3.05, 3.63) is 79.9 Å². The number of fused-ring (bicyclic) bond motifs is 1. The molecule has 2 aliphatic rings. The molecule has 2 heterocycles. The van der Waals surface area contributed by atoms with E-state index in [1.54, 1.807) is 22.9 Å². The van der Waals surface area contributed by atoms with Crippen molar-refractivity contribution in [2.24, 2.45) is 0 Å². The largest absolute Gasteiger partial charge is 0.459 e. The van der Waals surface area contributed by atoms with Gasteiger partial charge in [0.05, 0.1) is 5.57 Å².